The third kappa shape index (κ3) is 2.51. The van der Waals surface area contributed by atoms with E-state index >= 15 is 0 Å². The van der Waals surface area contributed by atoms with Crippen LogP contribution >= 0.6 is 0 Å². The number of benzene rings is 2. The summed E-state index contributed by atoms with van der Waals surface area (Å²) in [7, 11) is -18.4. The summed E-state index contributed by atoms with van der Waals surface area (Å²) in [6.07, 6.45) is 0. The first-order valence-corrected chi connectivity index (χ1v) is 9.83. The Balaban J connectivity index is 3.24. The first-order chi connectivity index (χ1) is 10.3. The number of nitrogens with zero attached hydrogens (tertiary/aromatic N) is 1. The highest BCUT2D eigenvalue weighted by Gasteiger charge is 2.67. The molecule has 0 atom stereocenters. The van der Waals surface area contributed by atoms with Gasteiger partial charge in [-0.2, -0.15) is 0 Å². The lowest BCUT2D eigenvalue weighted by Gasteiger charge is -2.25. The first kappa shape index (κ1) is 17.7. The van der Waals surface area contributed by atoms with E-state index in [4.69, 9.17) is 0 Å². The second-order valence-electron chi connectivity index (χ2n) is 4.34. The number of hydrogen-bond acceptors (Lipinski definition) is 6. The zero-order valence-electron chi connectivity index (χ0n) is 11.0. The van der Waals surface area contributed by atoms with Crippen molar-refractivity contribution in [2.24, 2.45) is 0 Å². The van der Waals surface area contributed by atoms with Gasteiger partial charge in [-0.3, -0.25) is 0 Å². The summed E-state index contributed by atoms with van der Waals surface area (Å²) in [4.78, 5) is 0. The van der Waals surface area contributed by atoms with Gasteiger partial charge in [0.05, 0.1) is 2.70 Å². The molecule has 2 aromatic rings. The Hall–Kier alpha value is -1.61. The lowest BCUT2D eigenvalue weighted by atomic mass is 10.1. The fraction of sp³-hybridized carbons (Fsp3) is 0. The van der Waals surface area contributed by atoms with Crippen molar-refractivity contribution >= 4 is 47.4 Å². The third-order valence-electron chi connectivity index (χ3n) is 2.97. The highest BCUT2D eigenvalue weighted by atomic mass is 32.4. The van der Waals surface area contributed by atoms with Gasteiger partial charge in [-0.05, 0) is 11.5 Å². The molecular weight excluding hydrogens is 374 g/mol. The molecule has 0 aliphatic heterocycles. The Morgan fingerprint density at radius 3 is 1.57 bits per heavy atom. The van der Waals surface area contributed by atoms with Gasteiger partial charge in [-0.1, -0.05) is 30.3 Å². The van der Waals surface area contributed by atoms with Crippen LogP contribution in [0, 0.1) is 0 Å². The number of hydrogen-bond donors (Lipinski definition) is 3. The van der Waals surface area contributed by atoms with Crippen molar-refractivity contribution in [3.8, 4) is 0 Å². The van der Waals surface area contributed by atoms with Crippen molar-refractivity contribution in [1.82, 2.24) is 2.70 Å². The van der Waals surface area contributed by atoms with Crippen LogP contribution in [0.3, 0.4) is 0 Å². The molecule has 3 N–H and O–H groups in total. The summed E-state index contributed by atoms with van der Waals surface area (Å²) in [6.45, 7) is 0. The van der Waals surface area contributed by atoms with E-state index in [1.807, 2.05) is 0 Å². The minimum absolute atomic E-state index is 0.198. The van der Waals surface area contributed by atoms with E-state index < -0.39 is 39.3 Å². The molecule has 0 heterocycles. The molecule has 0 saturated heterocycles. The summed E-state index contributed by atoms with van der Waals surface area (Å²) in [5.41, 5.74) is -1.09. The molecule has 23 heavy (non-hydrogen) atoms. The van der Waals surface area contributed by atoms with Gasteiger partial charge in [0.2, 0.25) is 0 Å². The van der Waals surface area contributed by atoms with Crippen LogP contribution in [0.4, 0.5) is 5.69 Å². The van der Waals surface area contributed by atoms with E-state index in [1.54, 1.807) is 0 Å². The minimum atomic E-state index is -6.12. The molecule has 0 radical (unpaired) electrons. The molecule has 2 aromatic carbocycles. The molecular formula is C10H10NO9S3+. The van der Waals surface area contributed by atoms with Crippen molar-refractivity contribution in [3.63, 3.8) is 0 Å². The Morgan fingerprint density at radius 2 is 1.09 bits per heavy atom. The van der Waals surface area contributed by atoms with Crippen molar-refractivity contribution in [2.45, 2.75) is 0 Å². The second kappa shape index (κ2) is 5.20. The maximum absolute atomic E-state index is 11.6. The zero-order chi connectivity index (χ0) is 17.7. The van der Waals surface area contributed by atoms with Gasteiger partial charge in [-0.25, -0.2) is 13.7 Å². The van der Waals surface area contributed by atoms with Gasteiger partial charge < -0.3 is 0 Å². The van der Waals surface area contributed by atoms with E-state index in [0.717, 1.165) is 18.2 Å². The van der Waals surface area contributed by atoms with Crippen LogP contribution in [0.25, 0.3) is 10.8 Å². The molecule has 0 fully saturated rings. The minimum Gasteiger partial charge on any atom is -0.239 e. The molecule has 0 spiro atoms. The molecule has 10 nitrogen and oxygen atoms in total. The summed E-state index contributed by atoms with van der Waals surface area (Å²) < 4.78 is 94.2. The topological polar surface area (TPSA) is 163 Å². The average Bonchev–Trinajstić information content (AvgIpc) is 2.34. The Morgan fingerprint density at radius 1 is 0.652 bits per heavy atom. The van der Waals surface area contributed by atoms with Gasteiger partial charge in [0.1, 0.15) is 0 Å². The average molecular weight is 384 g/mol. The van der Waals surface area contributed by atoms with E-state index in [2.05, 4.69) is 0 Å². The largest absolute Gasteiger partial charge is 0.472 e. The highest BCUT2D eigenvalue weighted by Crippen LogP contribution is 2.39. The zero-order valence-corrected chi connectivity index (χ0v) is 13.5. The maximum Gasteiger partial charge on any atom is 0.472 e. The SMILES string of the molecule is O=S(=O)(O)[N+](c1cccc2ccccc12)(S(=O)(=O)O)S(=O)(=O)O. The standard InChI is InChI=1S/C10H9NO9S3/c12-21(13,14)11(22(15,16)17,23(18,19)20)10-7-3-5-8-4-1-2-6-9(8)10/h1-7H,(H2-,12,13,14,15,16,17,18,19,20)/p+1. The Bertz CT molecular complexity index is 1000. The normalized spacial score (nSPS) is 14.0. The van der Waals surface area contributed by atoms with Crippen LogP contribution in [-0.4, -0.2) is 38.9 Å². The maximum atomic E-state index is 11.6. The van der Waals surface area contributed by atoms with Crippen LogP contribution in [0.5, 0.6) is 0 Å². The summed E-state index contributed by atoms with van der Waals surface area (Å²) >= 11 is 0. The third-order valence-corrected chi connectivity index (χ3v) is 8.78. The monoisotopic (exact) mass is 384 g/mol. The summed E-state index contributed by atoms with van der Waals surface area (Å²) in [6, 6.07) is 8.58. The van der Waals surface area contributed by atoms with Crippen LogP contribution in [0.1, 0.15) is 0 Å². The van der Waals surface area contributed by atoms with Crippen LogP contribution < -0.4 is 2.70 Å². The molecule has 2 rings (SSSR count). The molecule has 13 heteroatoms. The van der Waals surface area contributed by atoms with Gasteiger partial charge in [0.25, 0.3) is 0 Å². The predicted molar refractivity (Wildman–Crippen MR) is 80.4 cm³/mol. The molecule has 0 aromatic heterocycles. The predicted octanol–water partition coefficient (Wildman–Crippen LogP) is 0.556. The molecule has 0 unspecified atom stereocenters. The number of fused-ring (bicyclic) bond motifs is 1. The quantitative estimate of drug-likeness (QED) is 0.504. The highest BCUT2D eigenvalue weighted by molar-refractivity contribution is 8.16. The molecule has 0 bridgehead atoms. The Kier molecular flexibility index (Phi) is 4.01. The molecule has 0 amide bonds. The van der Waals surface area contributed by atoms with E-state index in [0.29, 0.717) is 0 Å². The number of quaternary nitrogens is 1. The van der Waals surface area contributed by atoms with Crippen LogP contribution in [0.2, 0.25) is 0 Å². The summed E-state index contributed by atoms with van der Waals surface area (Å²) in [5, 5.41) is -0.0497. The van der Waals surface area contributed by atoms with Gasteiger partial charge >= 0.3 is 30.9 Å². The van der Waals surface area contributed by atoms with Crippen molar-refractivity contribution in [3.05, 3.63) is 42.5 Å². The van der Waals surface area contributed by atoms with E-state index in [9.17, 15) is 38.9 Å². The second-order valence-corrected chi connectivity index (χ2v) is 9.36. The number of rotatable bonds is 4. The van der Waals surface area contributed by atoms with Crippen molar-refractivity contribution in [1.29, 1.82) is 0 Å². The Labute approximate surface area is 131 Å². The van der Waals surface area contributed by atoms with Crippen molar-refractivity contribution < 1.29 is 38.9 Å². The van der Waals surface area contributed by atoms with Crippen LogP contribution in [0.15, 0.2) is 42.5 Å². The van der Waals surface area contributed by atoms with Gasteiger partial charge in [0, 0.05) is 11.5 Å². The molecule has 0 saturated carbocycles. The van der Waals surface area contributed by atoms with Crippen LogP contribution in [-0.2, 0) is 30.9 Å². The fourth-order valence-electron chi connectivity index (χ4n) is 2.18. The van der Waals surface area contributed by atoms with E-state index in [-0.39, 0.29) is 10.8 Å². The molecule has 126 valence electrons. The first-order valence-electron chi connectivity index (χ1n) is 5.64. The van der Waals surface area contributed by atoms with Gasteiger partial charge in [-0.15, -0.1) is 25.3 Å². The lowest BCUT2D eigenvalue weighted by molar-refractivity contribution is 0.396. The molecule has 0 aliphatic carbocycles. The van der Waals surface area contributed by atoms with E-state index in [1.165, 1.54) is 24.3 Å². The van der Waals surface area contributed by atoms with Crippen molar-refractivity contribution in [2.75, 3.05) is 0 Å². The fourth-order valence-corrected chi connectivity index (χ4v) is 6.26. The summed E-state index contributed by atoms with van der Waals surface area (Å²) in [5.74, 6) is 0. The smallest absolute Gasteiger partial charge is 0.239 e. The van der Waals surface area contributed by atoms with Gasteiger partial charge in [0.15, 0.2) is 5.69 Å². The lowest BCUT2D eigenvalue weighted by Crippen LogP contribution is -2.61. The molecule has 0 aliphatic rings.